The van der Waals surface area contributed by atoms with Gasteiger partial charge in [0.05, 0.1) is 44.8 Å². The Labute approximate surface area is 122 Å². The lowest BCUT2D eigenvalue weighted by atomic mass is 10.4. The van der Waals surface area contributed by atoms with E-state index in [-0.39, 0.29) is 12.2 Å². The lowest BCUT2D eigenvalue weighted by Gasteiger charge is -2.39. The monoisotopic (exact) mass is 305 g/mol. The molecule has 0 aromatic rings. The largest absolute Gasteiger partial charge is 0.516 e. The van der Waals surface area contributed by atoms with Crippen LogP contribution < -0.4 is 0 Å². The zero-order valence-electron chi connectivity index (χ0n) is 12.8. The van der Waals surface area contributed by atoms with Gasteiger partial charge in [0.2, 0.25) is 0 Å². The van der Waals surface area contributed by atoms with Crippen LogP contribution in [0.5, 0.6) is 0 Å². The molecule has 0 bridgehead atoms. The first kappa shape index (κ1) is 16.3. The molecule has 0 radical (unpaired) electrons. The van der Waals surface area contributed by atoms with Crippen LogP contribution in [0.2, 0.25) is 0 Å². The normalized spacial score (nSPS) is 37.4. The molecule has 2 atom stereocenters. The van der Waals surface area contributed by atoms with Crippen LogP contribution in [-0.4, -0.2) is 78.2 Å². The van der Waals surface area contributed by atoms with Gasteiger partial charge in [0.25, 0.3) is 0 Å². The van der Waals surface area contributed by atoms with Gasteiger partial charge in [-0.2, -0.15) is 0 Å². The van der Waals surface area contributed by atoms with Gasteiger partial charge in [-0.15, -0.1) is 0 Å². The summed E-state index contributed by atoms with van der Waals surface area (Å²) in [6.07, 6.45) is 0.738. The van der Waals surface area contributed by atoms with Gasteiger partial charge in [0, 0.05) is 19.7 Å². The molecule has 2 fully saturated rings. The number of rotatable bonds is 4. The summed E-state index contributed by atoms with van der Waals surface area (Å²) in [7, 11) is -2.69. The quantitative estimate of drug-likeness (QED) is 0.712. The Morgan fingerprint density at radius 2 is 1.65 bits per heavy atom. The van der Waals surface area contributed by atoms with Gasteiger partial charge in [-0.25, -0.2) is 0 Å². The van der Waals surface area contributed by atoms with Crippen molar-refractivity contribution in [3.8, 4) is 0 Å². The minimum atomic E-state index is -2.69. The van der Waals surface area contributed by atoms with Gasteiger partial charge in [0.15, 0.2) is 0 Å². The summed E-state index contributed by atoms with van der Waals surface area (Å²) in [6, 6.07) is 0. The van der Waals surface area contributed by atoms with Crippen LogP contribution in [0.1, 0.15) is 20.8 Å². The van der Waals surface area contributed by atoms with Gasteiger partial charge < -0.3 is 22.8 Å². The van der Waals surface area contributed by atoms with Crippen molar-refractivity contribution in [2.24, 2.45) is 0 Å². The highest BCUT2D eigenvalue weighted by Crippen LogP contribution is 2.20. The van der Waals surface area contributed by atoms with Crippen LogP contribution in [0.15, 0.2) is 0 Å². The summed E-state index contributed by atoms with van der Waals surface area (Å²) in [5, 5.41) is 0. The highest BCUT2D eigenvalue weighted by molar-refractivity contribution is 6.61. The van der Waals surface area contributed by atoms with E-state index in [0.29, 0.717) is 19.8 Å². The Kier molecular flexibility index (Phi) is 6.41. The van der Waals surface area contributed by atoms with Crippen molar-refractivity contribution >= 4 is 8.80 Å². The van der Waals surface area contributed by atoms with Crippen LogP contribution in [0, 0.1) is 0 Å². The molecule has 7 heteroatoms. The third kappa shape index (κ3) is 4.76. The van der Waals surface area contributed by atoms with E-state index in [1.54, 1.807) is 0 Å². The first-order valence-corrected chi connectivity index (χ1v) is 9.44. The molecule has 0 spiro atoms. The predicted octanol–water partition coefficient (Wildman–Crippen LogP) is 0.674. The Morgan fingerprint density at radius 1 is 1.05 bits per heavy atom. The molecule has 20 heavy (non-hydrogen) atoms. The average molecular weight is 305 g/mol. The molecule has 0 aromatic heterocycles. The predicted molar refractivity (Wildman–Crippen MR) is 76.6 cm³/mol. The van der Waals surface area contributed by atoms with E-state index in [2.05, 4.69) is 4.90 Å². The van der Waals surface area contributed by atoms with E-state index >= 15 is 0 Å². The molecule has 2 unspecified atom stereocenters. The Balaban J connectivity index is 2.06. The molecule has 2 rings (SSSR count). The molecule has 0 amide bonds. The van der Waals surface area contributed by atoms with Gasteiger partial charge in [0.1, 0.15) is 0 Å². The molecule has 2 heterocycles. The van der Waals surface area contributed by atoms with Crippen LogP contribution in [-0.2, 0) is 22.8 Å². The molecule has 6 nitrogen and oxygen atoms in total. The van der Waals surface area contributed by atoms with E-state index in [0.717, 1.165) is 32.5 Å². The third-order valence-electron chi connectivity index (χ3n) is 3.35. The maximum Gasteiger partial charge on any atom is 0.516 e. The highest BCUT2D eigenvalue weighted by atomic mass is 28.4. The second kappa shape index (κ2) is 7.84. The molecule has 0 aliphatic carbocycles. The fourth-order valence-electron chi connectivity index (χ4n) is 2.55. The topological polar surface area (TPSA) is 49.4 Å². The average Bonchev–Trinajstić information content (AvgIpc) is 2.38. The first-order chi connectivity index (χ1) is 9.63. The van der Waals surface area contributed by atoms with Gasteiger partial charge in [-0.3, -0.25) is 4.90 Å². The fourth-order valence-corrected chi connectivity index (χ4v) is 5.65. The van der Waals surface area contributed by atoms with Crippen molar-refractivity contribution in [2.75, 3.05) is 52.3 Å². The van der Waals surface area contributed by atoms with E-state index in [1.807, 2.05) is 20.8 Å². The number of hydrogen-bond donors (Lipinski definition) is 0. The maximum atomic E-state index is 6.18. The van der Waals surface area contributed by atoms with Gasteiger partial charge >= 0.3 is 8.80 Å². The SMILES string of the molecule is CCO[Si]1(CN2CCOCC2)OC(C)COCC(C)O1. The second-order valence-corrected chi connectivity index (χ2v) is 7.84. The van der Waals surface area contributed by atoms with Crippen LogP contribution in [0.3, 0.4) is 0 Å². The molecule has 0 saturated carbocycles. The third-order valence-corrected chi connectivity index (χ3v) is 6.44. The maximum absolute atomic E-state index is 6.18. The molecular formula is C13H27NO5Si. The lowest BCUT2D eigenvalue weighted by Crippen LogP contribution is -2.61. The summed E-state index contributed by atoms with van der Waals surface area (Å²) in [5.41, 5.74) is 0. The highest BCUT2D eigenvalue weighted by Gasteiger charge is 2.47. The van der Waals surface area contributed by atoms with Crippen molar-refractivity contribution in [2.45, 2.75) is 33.0 Å². The standard InChI is InChI=1S/C13H27NO5Si/c1-4-17-20(11-14-5-7-15-8-6-14)18-12(2)9-16-10-13(3)19-20/h12-13H,4-11H2,1-3H3. The summed E-state index contributed by atoms with van der Waals surface area (Å²) in [4.78, 5) is 2.33. The van der Waals surface area contributed by atoms with Crippen molar-refractivity contribution in [1.82, 2.24) is 4.90 Å². The minimum absolute atomic E-state index is 0.00163. The van der Waals surface area contributed by atoms with Crippen molar-refractivity contribution < 1.29 is 22.8 Å². The number of ether oxygens (including phenoxy) is 2. The zero-order chi connectivity index (χ0) is 14.4. The molecule has 2 saturated heterocycles. The summed E-state index contributed by atoms with van der Waals surface area (Å²) < 4.78 is 29.3. The van der Waals surface area contributed by atoms with E-state index in [4.69, 9.17) is 22.8 Å². The molecule has 2 aliphatic heterocycles. The molecule has 0 aromatic carbocycles. The van der Waals surface area contributed by atoms with E-state index in [1.165, 1.54) is 0 Å². The van der Waals surface area contributed by atoms with Crippen molar-refractivity contribution in [3.63, 3.8) is 0 Å². The van der Waals surface area contributed by atoms with Crippen LogP contribution >= 0.6 is 0 Å². The number of nitrogens with zero attached hydrogens (tertiary/aromatic N) is 1. The second-order valence-electron chi connectivity index (χ2n) is 5.40. The molecule has 2 aliphatic rings. The van der Waals surface area contributed by atoms with Crippen LogP contribution in [0.4, 0.5) is 0 Å². The van der Waals surface area contributed by atoms with Crippen molar-refractivity contribution in [1.29, 1.82) is 0 Å². The Hall–Kier alpha value is -0.0231. The Bertz CT molecular complexity index is 276. The zero-order valence-corrected chi connectivity index (χ0v) is 13.8. The van der Waals surface area contributed by atoms with Crippen molar-refractivity contribution in [3.05, 3.63) is 0 Å². The molecule has 0 N–H and O–H groups in total. The van der Waals surface area contributed by atoms with E-state index < -0.39 is 8.80 Å². The fraction of sp³-hybridized carbons (Fsp3) is 1.00. The first-order valence-electron chi connectivity index (χ1n) is 7.51. The van der Waals surface area contributed by atoms with Gasteiger partial charge in [-0.05, 0) is 20.8 Å². The lowest BCUT2D eigenvalue weighted by molar-refractivity contribution is -0.0783. The minimum Gasteiger partial charge on any atom is -0.379 e. The summed E-state index contributed by atoms with van der Waals surface area (Å²) >= 11 is 0. The molecule has 118 valence electrons. The number of morpholine rings is 1. The van der Waals surface area contributed by atoms with Crippen LogP contribution in [0.25, 0.3) is 0 Å². The Morgan fingerprint density at radius 3 is 2.20 bits per heavy atom. The van der Waals surface area contributed by atoms with E-state index in [9.17, 15) is 0 Å². The number of hydrogen-bond acceptors (Lipinski definition) is 6. The van der Waals surface area contributed by atoms with Gasteiger partial charge in [-0.1, -0.05) is 0 Å². The molecular weight excluding hydrogens is 278 g/mol. The smallest absolute Gasteiger partial charge is 0.379 e. The summed E-state index contributed by atoms with van der Waals surface area (Å²) in [5.74, 6) is 0. The summed E-state index contributed by atoms with van der Waals surface area (Å²) in [6.45, 7) is 11.2.